The standard InChI is InChI=1S/C31H32F2N4O3/c1-20-9-10-22(34-15-20)17-40-24-11-12-27-28(14-24)37(29(35-27)25-7-2-3-8-26(25)30(38)39)16-21-5-4-6-23(13-21)36-18-31(32,33)19-36/h4-6,9-15,25-26H,2-3,7-8,16-19H2,1H3,(H,38,39)/t25?,26-/m1/s1. The van der Waals surface area contributed by atoms with E-state index >= 15 is 0 Å². The first-order valence-electron chi connectivity index (χ1n) is 13.7. The smallest absolute Gasteiger partial charge is 0.307 e. The zero-order chi connectivity index (χ0) is 27.9. The van der Waals surface area contributed by atoms with Gasteiger partial charge in [0.05, 0.1) is 35.7 Å². The Morgan fingerprint density at radius 3 is 2.67 bits per heavy atom. The van der Waals surface area contributed by atoms with E-state index in [1.54, 1.807) is 4.90 Å². The van der Waals surface area contributed by atoms with Gasteiger partial charge in [-0.2, -0.15) is 0 Å². The van der Waals surface area contributed by atoms with Crippen LogP contribution in [0, 0.1) is 12.8 Å². The fraction of sp³-hybridized carbons (Fsp3) is 0.387. The second kappa shape index (κ2) is 10.5. The monoisotopic (exact) mass is 546 g/mol. The molecule has 2 aromatic heterocycles. The number of fused-ring (bicyclic) bond motifs is 1. The Kier molecular flexibility index (Phi) is 6.90. The number of benzene rings is 2. The Bertz CT molecular complexity index is 1530. The van der Waals surface area contributed by atoms with Crippen LogP contribution in [0.15, 0.2) is 60.8 Å². The zero-order valence-electron chi connectivity index (χ0n) is 22.4. The van der Waals surface area contributed by atoms with Crippen molar-refractivity contribution in [2.24, 2.45) is 5.92 Å². The normalized spacial score (nSPS) is 20.3. The number of carboxylic acid groups (broad SMARTS) is 1. The van der Waals surface area contributed by atoms with Crippen LogP contribution >= 0.6 is 0 Å². The minimum atomic E-state index is -2.65. The molecule has 3 heterocycles. The number of alkyl halides is 2. The maximum Gasteiger partial charge on any atom is 0.307 e. The third-order valence-corrected chi connectivity index (χ3v) is 7.98. The highest BCUT2D eigenvalue weighted by Gasteiger charge is 2.44. The van der Waals surface area contributed by atoms with Crippen LogP contribution in [-0.2, 0) is 17.9 Å². The van der Waals surface area contributed by atoms with E-state index in [4.69, 9.17) is 9.72 Å². The molecule has 1 saturated carbocycles. The Morgan fingerprint density at radius 2 is 1.93 bits per heavy atom. The van der Waals surface area contributed by atoms with Crippen molar-refractivity contribution in [3.63, 3.8) is 0 Å². The average molecular weight is 547 g/mol. The molecular weight excluding hydrogens is 514 g/mol. The van der Waals surface area contributed by atoms with Crippen LogP contribution in [-0.4, -0.2) is 44.6 Å². The van der Waals surface area contributed by atoms with Crippen molar-refractivity contribution >= 4 is 22.7 Å². The van der Waals surface area contributed by atoms with Gasteiger partial charge in [-0.25, -0.2) is 13.8 Å². The maximum absolute atomic E-state index is 13.5. The zero-order valence-corrected chi connectivity index (χ0v) is 22.4. The lowest BCUT2D eigenvalue weighted by Crippen LogP contribution is -2.56. The summed E-state index contributed by atoms with van der Waals surface area (Å²) in [5, 5.41) is 10.0. The van der Waals surface area contributed by atoms with Gasteiger partial charge in [0.25, 0.3) is 5.92 Å². The molecule has 2 atom stereocenters. The number of hydrogen-bond donors (Lipinski definition) is 1. The molecule has 0 bridgehead atoms. The SMILES string of the molecule is Cc1ccc(COc2ccc3nc(C4CCCC[C@H]4C(=O)O)n(Cc4cccc(N5CC(F)(F)C5)c4)c3c2)nc1. The highest BCUT2D eigenvalue weighted by atomic mass is 19.3. The van der Waals surface area contributed by atoms with Crippen molar-refractivity contribution in [2.75, 3.05) is 18.0 Å². The lowest BCUT2D eigenvalue weighted by atomic mass is 9.78. The summed E-state index contributed by atoms with van der Waals surface area (Å²) >= 11 is 0. The number of hydrogen-bond acceptors (Lipinski definition) is 5. The van der Waals surface area contributed by atoms with Crippen molar-refractivity contribution in [1.29, 1.82) is 0 Å². The molecule has 7 nitrogen and oxygen atoms in total. The van der Waals surface area contributed by atoms with E-state index in [0.29, 0.717) is 25.3 Å². The van der Waals surface area contributed by atoms with E-state index in [1.807, 2.05) is 67.7 Å². The summed E-state index contributed by atoms with van der Waals surface area (Å²) in [6, 6.07) is 17.3. The van der Waals surface area contributed by atoms with Gasteiger partial charge < -0.3 is 19.3 Å². The van der Waals surface area contributed by atoms with Crippen molar-refractivity contribution in [1.82, 2.24) is 14.5 Å². The molecule has 1 saturated heterocycles. The fourth-order valence-corrected chi connectivity index (χ4v) is 5.87. The first-order chi connectivity index (χ1) is 19.3. The summed E-state index contributed by atoms with van der Waals surface area (Å²) in [6.45, 7) is 2.18. The molecule has 40 heavy (non-hydrogen) atoms. The lowest BCUT2D eigenvalue weighted by Gasteiger charge is -2.40. The van der Waals surface area contributed by atoms with Crippen molar-refractivity contribution in [3.8, 4) is 5.75 Å². The van der Waals surface area contributed by atoms with Crippen molar-refractivity contribution in [3.05, 3.63) is 83.4 Å². The van der Waals surface area contributed by atoms with Gasteiger partial charge in [0, 0.05) is 30.4 Å². The maximum atomic E-state index is 13.5. The molecule has 4 aromatic rings. The number of carboxylic acids is 1. The molecule has 208 valence electrons. The third-order valence-electron chi connectivity index (χ3n) is 7.98. The molecule has 1 aliphatic carbocycles. The summed E-state index contributed by atoms with van der Waals surface area (Å²) in [4.78, 5) is 23.2. The van der Waals surface area contributed by atoms with Crippen LogP contribution in [0.5, 0.6) is 5.75 Å². The van der Waals surface area contributed by atoms with Crippen LogP contribution in [0.25, 0.3) is 11.0 Å². The molecule has 1 aliphatic heterocycles. The predicted octanol–water partition coefficient (Wildman–Crippen LogP) is 6.18. The van der Waals surface area contributed by atoms with Gasteiger partial charge in [-0.15, -0.1) is 0 Å². The van der Waals surface area contributed by atoms with Crippen LogP contribution in [0.4, 0.5) is 14.5 Å². The van der Waals surface area contributed by atoms with E-state index < -0.39 is 17.8 Å². The van der Waals surface area contributed by atoms with E-state index in [2.05, 4.69) is 9.55 Å². The largest absolute Gasteiger partial charge is 0.487 e. The van der Waals surface area contributed by atoms with Gasteiger partial charge >= 0.3 is 5.97 Å². The van der Waals surface area contributed by atoms with Crippen molar-refractivity contribution < 1.29 is 23.4 Å². The Morgan fingerprint density at radius 1 is 1.10 bits per heavy atom. The number of aromatic nitrogens is 3. The summed E-state index contributed by atoms with van der Waals surface area (Å²) in [7, 11) is 0. The Labute approximate surface area is 231 Å². The molecule has 6 rings (SSSR count). The summed E-state index contributed by atoms with van der Waals surface area (Å²) in [5.74, 6) is -2.74. The van der Waals surface area contributed by atoms with Crippen molar-refractivity contribution in [2.45, 2.75) is 57.6 Å². The van der Waals surface area contributed by atoms with Gasteiger partial charge in [0.1, 0.15) is 18.2 Å². The number of carbonyl (C=O) groups is 1. The molecule has 1 unspecified atom stereocenters. The van der Waals surface area contributed by atoms with Gasteiger partial charge in [0.15, 0.2) is 0 Å². The molecule has 2 aliphatic rings. The second-order valence-corrected chi connectivity index (χ2v) is 11.0. The fourth-order valence-electron chi connectivity index (χ4n) is 5.87. The van der Waals surface area contributed by atoms with Gasteiger partial charge in [-0.1, -0.05) is 31.0 Å². The summed E-state index contributed by atoms with van der Waals surface area (Å²) in [5.41, 5.74) is 5.20. The van der Waals surface area contributed by atoms with Gasteiger partial charge in [-0.05, 0) is 61.2 Å². The first kappa shape index (κ1) is 26.2. The molecule has 9 heteroatoms. The molecule has 0 amide bonds. The third kappa shape index (κ3) is 5.37. The van der Waals surface area contributed by atoms with E-state index in [-0.39, 0.29) is 19.0 Å². The topological polar surface area (TPSA) is 80.5 Å². The molecular formula is C31H32F2N4O3. The minimum Gasteiger partial charge on any atom is -0.487 e. The van der Waals surface area contributed by atoms with E-state index in [0.717, 1.165) is 58.6 Å². The lowest BCUT2D eigenvalue weighted by molar-refractivity contribution is -0.143. The van der Waals surface area contributed by atoms with Crippen LogP contribution in [0.2, 0.25) is 0 Å². The molecule has 2 fully saturated rings. The van der Waals surface area contributed by atoms with Gasteiger partial charge in [0.2, 0.25) is 0 Å². The number of ether oxygens (including phenoxy) is 1. The minimum absolute atomic E-state index is 0.211. The first-order valence-corrected chi connectivity index (χ1v) is 13.7. The van der Waals surface area contributed by atoms with Crippen LogP contribution < -0.4 is 9.64 Å². The number of pyridine rings is 1. The van der Waals surface area contributed by atoms with E-state index in [9.17, 15) is 18.7 Å². The number of halogens is 2. The highest BCUT2D eigenvalue weighted by Crippen LogP contribution is 2.40. The van der Waals surface area contributed by atoms with Gasteiger partial charge in [-0.3, -0.25) is 9.78 Å². The number of anilines is 1. The predicted molar refractivity (Wildman–Crippen MR) is 148 cm³/mol. The Balaban J connectivity index is 1.35. The van der Waals surface area contributed by atoms with Crippen LogP contribution in [0.3, 0.4) is 0 Å². The summed E-state index contributed by atoms with van der Waals surface area (Å²) in [6.07, 6.45) is 5.03. The highest BCUT2D eigenvalue weighted by molar-refractivity contribution is 5.79. The number of aryl methyl sites for hydroxylation is 1. The quantitative estimate of drug-likeness (QED) is 0.284. The molecule has 0 radical (unpaired) electrons. The molecule has 0 spiro atoms. The van der Waals surface area contributed by atoms with E-state index in [1.165, 1.54) is 0 Å². The summed E-state index contributed by atoms with van der Waals surface area (Å²) < 4.78 is 35.2. The Hall–Kier alpha value is -4.01. The second-order valence-electron chi connectivity index (χ2n) is 11.0. The number of nitrogens with zero attached hydrogens (tertiary/aromatic N) is 4. The number of rotatable bonds is 8. The molecule has 2 aromatic carbocycles. The number of aliphatic carboxylic acids is 1. The van der Waals surface area contributed by atoms with Crippen LogP contribution in [0.1, 0.15) is 54.2 Å². The average Bonchev–Trinajstić information content (AvgIpc) is 3.28. The molecule has 1 N–H and O–H groups in total. The number of imidazole rings is 1.